The molecule has 4 rings (SSSR count). The zero-order valence-corrected chi connectivity index (χ0v) is 14.1. The van der Waals surface area contributed by atoms with Gasteiger partial charge < -0.3 is 14.8 Å². The average Bonchev–Trinajstić information content (AvgIpc) is 2.70. The predicted molar refractivity (Wildman–Crippen MR) is 98.5 cm³/mol. The predicted octanol–water partition coefficient (Wildman–Crippen LogP) is 3.45. The number of carbonyl (C=O) groups is 1. The van der Waals surface area contributed by atoms with Crippen molar-refractivity contribution in [2.24, 2.45) is 0 Å². The number of benzene rings is 2. The first-order valence-corrected chi connectivity index (χ1v) is 8.45. The van der Waals surface area contributed by atoms with Crippen LogP contribution < -0.4 is 14.8 Å². The third-order valence-electron chi connectivity index (χ3n) is 4.18. The van der Waals surface area contributed by atoms with Crippen molar-refractivity contribution in [1.29, 1.82) is 0 Å². The number of para-hydroxylation sites is 2. The first-order valence-electron chi connectivity index (χ1n) is 8.45. The Balaban J connectivity index is 1.37. The van der Waals surface area contributed by atoms with Crippen molar-refractivity contribution in [2.75, 3.05) is 11.9 Å². The van der Waals surface area contributed by atoms with E-state index in [0.717, 1.165) is 12.1 Å². The second kappa shape index (κ2) is 7.27. The minimum atomic E-state index is -0.665. The highest BCUT2D eigenvalue weighted by molar-refractivity contribution is 5.94. The number of anilines is 1. The number of hydrogen-bond donors (Lipinski definition) is 1. The number of aromatic nitrogens is 1. The molecule has 1 aliphatic rings. The highest BCUT2D eigenvalue weighted by Crippen LogP contribution is 2.31. The molecule has 0 fully saturated rings. The molecule has 1 N–H and O–H groups in total. The molecule has 3 aromatic rings. The van der Waals surface area contributed by atoms with Gasteiger partial charge in [-0.2, -0.15) is 0 Å². The summed E-state index contributed by atoms with van der Waals surface area (Å²) in [6.07, 6.45) is 3.73. The Morgan fingerprint density at radius 1 is 0.962 bits per heavy atom. The van der Waals surface area contributed by atoms with Crippen LogP contribution in [0.15, 0.2) is 73.1 Å². The van der Waals surface area contributed by atoms with Crippen LogP contribution in [0.1, 0.15) is 11.1 Å². The molecule has 0 radical (unpaired) electrons. The lowest BCUT2D eigenvalue weighted by atomic mass is 10.1. The lowest BCUT2D eigenvalue weighted by molar-refractivity contribution is -0.125. The van der Waals surface area contributed by atoms with E-state index in [1.807, 2.05) is 54.6 Å². The van der Waals surface area contributed by atoms with Crippen LogP contribution in [0.25, 0.3) is 0 Å². The normalized spacial score (nSPS) is 15.3. The second-order valence-electron chi connectivity index (χ2n) is 6.08. The number of ether oxygens (including phenoxy) is 2. The smallest absolute Gasteiger partial charge is 0.269 e. The zero-order valence-electron chi connectivity index (χ0n) is 14.1. The van der Waals surface area contributed by atoms with E-state index in [4.69, 9.17) is 9.47 Å². The Morgan fingerprint density at radius 3 is 2.42 bits per heavy atom. The first-order chi connectivity index (χ1) is 12.8. The molecule has 0 unspecified atom stereocenters. The van der Waals surface area contributed by atoms with Crippen LogP contribution in [0.5, 0.6) is 11.5 Å². The Morgan fingerprint density at radius 2 is 1.65 bits per heavy atom. The van der Waals surface area contributed by atoms with Crippen LogP contribution >= 0.6 is 0 Å². The van der Waals surface area contributed by atoms with Gasteiger partial charge in [-0.1, -0.05) is 24.3 Å². The third-order valence-corrected chi connectivity index (χ3v) is 4.18. The van der Waals surface area contributed by atoms with Crippen molar-refractivity contribution in [1.82, 2.24) is 4.98 Å². The summed E-state index contributed by atoms with van der Waals surface area (Å²) in [5.41, 5.74) is 3.10. The molecule has 1 amide bonds. The van der Waals surface area contributed by atoms with E-state index in [0.29, 0.717) is 11.5 Å². The molecule has 1 atom stereocenters. The van der Waals surface area contributed by atoms with Gasteiger partial charge in [0.2, 0.25) is 6.10 Å². The minimum absolute atomic E-state index is 0.197. The maximum Gasteiger partial charge on any atom is 0.269 e. The first kappa shape index (κ1) is 16.1. The van der Waals surface area contributed by atoms with Gasteiger partial charge in [-0.25, -0.2) is 0 Å². The number of hydrogen-bond acceptors (Lipinski definition) is 4. The lowest BCUT2D eigenvalue weighted by Crippen LogP contribution is -2.40. The molecule has 0 aliphatic carbocycles. The van der Waals surface area contributed by atoms with Crippen LogP contribution in [-0.2, 0) is 11.2 Å². The van der Waals surface area contributed by atoms with Crippen molar-refractivity contribution in [2.45, 2.75) is 12.5 Å². The topological polar surface area (TPSA) is 60.5 Å². The highest BCUT2D eigenvalue weighted by atomic mass is 16.6. The van der Waals surface area contributed by atoms with Crippen LogP contribution in [0, 0.1) is 0 Å². The van der Waals surface area contributed by atoms with E-state index in [1.165, 1.54) is 11.1 Å². The number of rotatable bonds is 4. The number of carbonyl (C=O) groups excluding carboxylic acids is 1. The molecule has 1 aliphatic heterocycles. The van der Waals surface area contributed by atoms with Crippen LogP contribution in [-0.4, -0.2) is 23.6 Å². The molecule has 0 bridgehead atoms. The summed E-state index contributed by atoms with van der Waals surface area (Å²) < 4.78 is 11.3. The third kappa shape index (κ3) is 3.67. The maximum atomic E-state index is 12.4. The Kier molecular flexibility index (Phi) is 4.51. The van der Waals surface area contributed by atoms with Crippen molar-refractivity contribution in [3.05, 3.63) is 84.2 Å². The van der Waals surface area contributed by atoms with E-state index in [2.05, 4.69) is 10.3 Å². The molecule has 0 saturated carbocycles. The Hall–Kier alpha value is -3.34. The van der Waals surface area contributed by atoms with Crippen molar-refractivity contribution in [3.8, 4) is 11.5 Å². The summed E-state index contributed by atoms with van der Waals surface area (Å²) in [5.74, 6) is 1.03. The van der Waals surface area contributed by atoms with E-state index in [1.54, 1.807) is 18.5 Å². The Labute approximate surface area is 151 Å². The van der Waals surface area contributed by atoms with Gasteiger partial charge >= 0.3 is 0 Å². The molecule has 26 heavy (non-hydrogen) atoms. The fourth-order valence-corrected chi connectivity index (χ4v) is 2.81. The number of nitrogens with zero attached hydrogens (tertiary/aromatic N) is 1. The molecule has 2 heterocycles. The molecule has 0 spiro atoms. The minimum Gasteiger partial charge on any atom is -0.485 e. The van der Waals surface area contributed by atoms with Crippen molar-refractivity contribution in [3.63, 3.8) is 0 Å². The summed E-state index contributed by atoms with van der Waals surface area (Å²) in [5, 5.41) is 2.88. The van der Waals surface area contributed by atoms with Gasteiger partial charge in [0.05, 0.1) is 0 Å². The highest BCUT2D eigenvalue weighted by Gasteiger charge is 2.27. The lowest BCUT2D eigenvalue weighted by Gasteiger charge is -2.25. The number of amides is 1. The second-order valence-corrected chi connectivity index (χ2v) is 6.08. The van der Waals surface area contributed by atoms with E-state index < -0.39 is 6.10 Å². The Bertz CT molecular complexity index is 895. The van der Waals surface area contributed by atoms with E-state index in [-0.39, 0.29) is 12.5 Å². The summed E-state index contributed by atoms with van der Waals surface area (Å²) in [7, 11) is 0. The molecule has 5 heteroatoms. The zero-order chi connectivity index (χ0) is 17.8. The summed E-state index contributed by atoms with van der Waals surface area (Å²) in [6.45, 7) is 0.197. The number of nitrogens with one attached hydrogen (secondary N) is 1. The van der Waals surface area contributed by atoms with Crippen molar-refractivity contribution < 1.29 is 14.3 Å². The SMILES string of the molecule is O=C(Nc1ccc(Cc2ccncc2)cc1)[C@H]1COc2ccccc2O1. The van der Waals surface area contributed by atoms with Gasteiger partial charge in [-0.3, -0.25) is 9.78 Å². The standard InChI is InChI=1S/C21H18N2O3/c24-21(20-14-25-18-3-1-2-4-19(18)26-20)23-17-7-5-15(6-8-17)13-16-9-11-22-12-10-16/h1-12,20H,13-14H2,(H,23,24)/t20-/m1/s1. The fourth-order valence-electron chi connectivity index (χ4n) is 2.81. The largest absolute Gasteiger partial charge is 0.485 e. The molecule has 2 aromatic carbocycles. The molecule has 1 aromatic heterocycles. The van der Waals surface area contributed by atoms with Crippen LogP contribution in [0.4, 0.5) is 5.69 Å². The van der Waals surface area contributed by atoms with Gasteiger partial charge in [0.1, 0.15) is 6.61 Å². The van der Waals surface area contributed by atoms with Crippen LogP contribution in [0.3, 0.4) is 0 Å². The molecular weight excluding hydrogens is 328 g/mol. The van der Waals surface area contributed by atoms with Gasteiger partial charge in [0.15, 0.2) is 11.5 Å². The van der Waals surface area contributed by atoms with Gasteiger partial charge in [-0.05, 0) is 53.9 Å². The summed E-state index contributed by atoms with van der Waals surface area (Å²) >= 11 is 0. The number of pyridine rings is 1. The average molecular weight is 346 g/mol. The van der Waals surface area contributed by atoms with E-state index in [9.17, 15) is 4.79 Å². The van der Waals surface area contributed by atoms with Crippen LogP contribution in [0.2, 0.25) is 0 Å². The monoisotopic (exact) mass is 346 g/mol. The van der Waals surface area contributed by atoms with Gasteiger partial charge in [0.25, 0.3) is 5.91 Å². The van der Waals surface area contributed by atoms with Gasteiger partial charge in [0, 0.05) is 18.1 Å². The molecular formula is C21H18N2O3. The van der Waals surface area contributed by atoms with Gasteiger partial charge in [-0.15, -0.1) is 0 Å². The number of fused-ring (bicyclic) bond motifs is 1. The molecule has 130 valence electrons. The summed E-state index contributed by atoms with van der Waals surface area (Å²) in [6, 6.07) is 19.1. The fraction of sp³-hybridized carbons (Fsp3) is 0.143. The van der Waals surface area contributed by atoms with Crippen molar-refractivity contribution >= 4 is 11.6 Å². The quantitative estimate of drug-likeness (QED) is 0.786. The molecule has 5 nitrogen and oxygen atoms in total. The molecule has 0 saturated heterocycles. The van der Waals surface area contributed by atoms with E-state index >= 15 is 0 Å². The maximum absolute atomic E-state index is 12.4. The summed E-state index contributed by atoms with van der Waals surface area (Å²) in [4.78, 5) is 16.5.